The minimum atomic E-state index is 1.05. The molecule has 0 aromatic carbocycles. The van der Waals surface area contributed by atoms with Crippen LogP contribution in [0.4, 0.5) is 0 Å². The van der Waals surface area contributed by atoms with Gasteiger partial charge >= 0.3 is 0 Å². The highest BCUT2D eigenvalue weighted by atomic mass is 14.3. The van der Waals surface area contributed by atoms with Crippen LogP contribution in [0, 0.1) is 11.8 Å². The van der Waals surface area contributed by atoms with E-state index in [1.54, 1.807) is 6.08 Å². The summed E-state index contributed by atoms with van der Waals surface area (Å²) in [4.78, 5) is 0. The van der Waals surface area contributed by atoms with Crippen molar-refractivity contribution in [3.05, 3.63) is 12.7 Å². The summed E-state index contributed by atoms with van der Waals surface area (Å²) in [6.45, 7) is 9.90. The van der Waals surface area contributed by atoms with Gasteiger partial charge in [0.15, 0.2) is 0 Å². The quantitative estimate of drug-likeness (QED) is 0.547. The SMILES string of the molecule is C=CC.CCC(CC)C1CCC1. The van der Waals surface area contributed by atoms with Crippen LogP contribution in [0.25, 0.3) is 0 Å². The summed E-state index contributed by atoms with van der Waals surface area (Å²) in [5.41, 5.74) is 0. The first-order valence-corrected chi connectivity index (χ1v) is 5.37. The average molecular weight is 168 g/mol. The molecule has 0 N–H and O–H groups in total. The Balaban J connectivity index is 0.000000354. The van der Waals surface area contributed by atoms with Gasteiger partial charge in [0, 0.05) is 0 Å². The van der Waals surface area contributed by atoms with Gasteiger partial charge in [-0.25, -0.2) is 0 Å². The van der Waals surface area contributed by atoms with Crippen LogP contribution >= 0.6 is 0 Å². The molecular formula is C12H24. The summed E-state index contributed by atoms with van der Waals surface area (Å²) in [6, 6.07) is 0. The summed E-state index contributed by atoms with van der Waals surface area (Å²) in [5.74, 6) is 2.17. The third kappa shape index (κ3) is 3.94. The van der Waals surface area contributed by atoms with Gasteiger partial charge in [-0.15, -0.1) is 6.58 Å². The van der Waals surface area contributed by atoms with Crippen molar-refractivity contribution in [2.24, 2.45) is 11.8 Å². The number of hydrogen-bond acceptors (Lipinski definition) is 0. The highest BCUT2D eigenvalue weighted by Gasteiger charge is 2.23. The van der Waals surface area contributed by atoms with Gasteiger partial charge in [-0.2, -0.15) is 0 Å². The Morgan fingerprint density at radius 1 is 1.33 bits per heavy atom. The van der Waals surface area contributed by atoms with Crippen molar-refractivity contribution in [3.8, 4) is 0 Å². The molecule has 1 fully saturated rings. The van der Waals surface area contributed by atoms with Gasteiger partial charge in [0.1, 0.15) is 0 Å². The van der Waals surface area contributed by atoms with Crippen molar-refractivity contribution in [1.82, 2.24) is 0 Å². The van der Waals surface area contributed by atoms with Crippen molar-refractivity contribution in [1.29, 1.82) is 0 Å². The second kappa shape index (κ2) is 7.39. The van der Waals surface area contributed by atoms with E-state index >= 15 is 0 Å². The first kappa shape index (κ1) is 11.7. The fourth-order valence-corrected chi connectivity index (χ4v) is 1.87. The first-order chi connectivity index (χ1) is 5.79. The fraction of sp³-hybridized carbons (Fsp3) is 0.833. The molecule has 0 spiro atoms. The number of rotatable bonds is 3. The molecule has 0 aromatic rings. The van der Waals surface area contributed by atoms with E-state index in [0.717, 1.165) is 11.8 Å². The topological polar surface area (TPSA) is 0 Å². The predicted octanol–water partition coefficient (Wildman–Crippen LogP) is 4.42. The lowest BCUT2D eigenvalue weighted by atomic mass is 9.74. The van der Waals surface area contributed by atoms with E-state index in [9.17, 15) is 0 Å². The molecule has 0 atom stereocenters. The molecule has 0 amide bonds. The van der Waals surface area contributed by atoms with Crippen LogP contribution in [0.1, 0.15) is 52.9 Å². The molecule has 72 valence electrons. The zero-order chi connectivity index (χ0) is 9.40. The summed E-state index contributed by atoms with van der Waals surface area (Å²) in [5, 5.41) is 0. The van der Waals surface area contributed by atoms with Crippen molar-refractivity contribution in [3.63, 3.8) is 0 Å². The molecule has 0 nitrogen and oxygen atoms in total. The maximum atomic E-state index is 3.36. The molecule has 0 radical (unpaired) electrons. The third-order valence-corrected chi connectivity index (χ3v) is 2.87. The molecule has 0 bridgehead atoms. The smallest absolute Gasteiger partial charge is 0.0386 e. The molecule has 0 saturated heterocycles. The zero-order valence-corrected chi connectivity index (χ0v) is 8.97. The van der Waals surface area contributed by atoms with Crippen LogP contribution in [-0.2, 0) is 0 Å². The Morgan fingerprint density at radius 2 is 1.75 bits per heavy atom. The average Bonchev–Trinajstić information content (AvgIpc) is 1.98. The monoisotopic (exact) mass is 168 g/mol. The Bertz CT molecular complexity index is 96.6. The van der Waals surface area contributed by atoms with Crippen LogP contribution in [0.2, 0.25) is 0 Å². The lowest BCUT2D eigenvalue weighted by Crippen LogP contribution is -2.20. The Morgan fingerprint density at radius 3 is 1.83 bits per heavy atom. The van der Waals surface area contributed by atoms with Crippen LogP contribution in [-0.4, -0.2) is 0 Å². The summed E-state index contributed by atoms with van der Waals surface area (Å²) < 4.78 is 0. The first-order valence-electron chi connectivity index (χ1n) is 5.37. The molecule has 12 heavy (non-hydrogen) atoms. The van der Waals surface area contributed by atoms with Gasteiger partial charge in [0.2, 0.25) is 0 Å². The maximum Gasteiger partial charge on any atom is -0.0386 e. The van der Waals surface area contributed by atoms with E-state index in [2.05, 4.69) is 20.4 Å². The Kier molecular flexibility index (Phi) is 7.23. The molecule has 1 aliphatic carbocycles. The third-order valence-electron chi connectivity index (χ3n) is 2.87. The molecule has 0 heteroatoms. The van der Waals surface area contributed by atoms with E-state index in [1.165, 1.54) is 32.1 Å². The van der Waals surface area contributed by atoms with Crippen molar-refractivity contribution >= 4 is 0 Å². The van der Waals surface area contributed by atoms with E-state index in [1.807, 2.05) is 6.92 Å². The van der Waals surface area contributed by atoms with Crippen molar-refractivity contribution in [2.75, 3.05) is 0 Å². The lowest BCUT2D eigenvalue weighted by Gasteiger charge is -2.32. The summed E-state index contributed by atoms with van der Waals surface area (Å²) >= 11 is 0. The zero-order valence-electron chi connectivity index (χ0n) is 8.97. The molecule has 0 heterocycles. The van der Waals surface area contributed by atoms with Gasteiger partial charge in [-0.05, 0) is 18.8 Å². The van der Waals surface area contributed by atoms with E-state index in [4.69, 9.17) is 0 Å². The van der Waals surface area contributed by atoms with Gasteiger partial charge in [-0.3, -0.25) is 0 Å². The minimum absolute atomic E-state index is 1.05. The van der Waals surface area contributed by atoms with Crippen molar-refractivity contribution < 1.29 is 0 Å². The molecular weight excluding hydrogens is 144 g/mol. The van der Waals surface area contributed by atoms with Gasteiger partial charge in [0.25, 0.3) is 0 Å². The standard InChI is InChI=1S/C9H18.C3H6/c1-3-8(4-2)9-6-5-7-9;1-3-2/h8-9H,3-7H2,1-2H3;3H,1H2,2H3. The maximum absolute atomic E-state index is 3.36. The fourth-order valence-electron chi connectivity index (χ4n) is 1.87. The van der Waals surface area contributed by atoms with Crippen LogP contribution < -0.4 is 0 Å². The van der Waals surface area contributed by atoms with E-state index in [0.29, 0.717) is 0 Å². The molecule has 0 aromatic heterocycles. The molecule has 0 aliphatic heterocycles. The Hall–Kier alpha value is -0.260. The molecule has 1 aliphatic rings. The van der Waals surface area contributed by atoms with E-state index < -0.39 is 0 Å². The Labute approximate surface area is 78.1 Å². The normalized spacial score (nSPS) is 16.3. The minimum Gasteiger partial charge on any atom is -0.103 e. The second-order valence-corrected chi connectivity index (χ2v) is 3.68. The van der Waals surface area contributed by atoms with Crippen molar-refractivity contribution in [2.45, 2.75) is 52.9 Å². The molecule has 1 rings (SSSR count). The van der Waals surface area contributed by atoms with Crippen LogP contribution in [0.3, 0.4) is 0 Å². The molecule has 1 saturated carbocycles. The predicted molar refractivity (Wildman–Crippen MR) is 57.3 cm³/mol. The van der Waals surface area contributed by atoms with Crippen LogP contribution in [0.5, 0.6) is 0 Å². The highest BCUT2D eigenvalue weighted by molar-refractivity contribution is 4.75. The lowest BCUT2D eigenvalue weighted by molar-refractivity contribution is 0.195. The largest absolute Gasteiger partial charge is 0.103 e. The van der Waals surface area contributed by atoms with Gasteiger partial charge in [0.05, 0.1) is 0 Å². The van der Waals surface area contributed by atoms with Crippen LogP contribution in [0.15, 0.2) is 12.7 Å². The summed E-state index contributed by atoms with van der Waals surface area (Å²) in [6.07, 6.45) is 9.10. The number of allylic oxidation sites excluding steroid dienone is 1. The van der Waals surface area contributed by atoms with E-state index in [-0.39, 0.29) is 0 Å². The molecule has 0 unspecified atom stereocenters. The van der Waals surface area contributed by atoms with Gasteiger partial charge in [-0.1, -0.05) is 52.0 Å². The number of hydrogen-bond donors (Lipinski definition) is 0. The second-order valence-electron chi connectivity index (χ2n) is 3.68. The summed E-state index contributed by atoms with van der Waals surface area (Å²) in [7, 11) is 0. The van der Waals surface area contributed by atoms with Gasteiger partial charge < -0.3 is 0 Å². The highest BCUT2D eigenvalue weighted by Crippen LogP contribution is 2.36.